The van der Waals surface area contributed by atoms with Gasteiger partial charge in [-0.25, -0.2) is 0 Å². The Morgan fingerprint density at radius 2 is 1.64 bits per heavy atom. The Hall–Kier alpha value is -2.36. The molecule has 0 saturated heterocycles. The Kier molecular flexibility index (Phi) is 3.10. The quantitative estimate of drug-likeness (QED) is 0.705. The molecule has 1 aliphatic rings. The standard InChI is InChI=1S/C19H16O3/c20-11-19-17(21)10-18(22-19)15-7-3-6-14-8-12-4-1-2-5-13(12)9-16(14)15/h1-10,18-21H,11H2. The summed E-state index contributed by atoms with van der Waals surface area (Å²) in [4.78, 5) is 0. The van der Waals surface area contributed by atoms with E-state index in [0.717, 1.165) is 16.3 Å². The molecule has 2 unspecified atom stereocenters. The minimum absolute atomic E-state index is 0.102. The van der Waals surface area contributed by atoms with Crippen LogP contribution in [0.5, 0.6) is 0 Å². The van der Waals surface area contributed by atoms with Gasteiger partial charge in [-0.15, -0.1) is 0 Å². The smallest absolute Gasteiger partial charge is 0.138 e. The van der Waals surface area contributed by atoms with Crippen molar-refractivity contribution in [1.82, 2.24) is 0 Å². The molecule has 0 amide bonds. The van der Waals surface area contributed by atoms with Crippen LogP contribution in [-0.4, -0.2) is 22.9 Å². The van der Waals surface area contributed by atoms with E-state index in [0.29, 0.717) is 0 Å². The van der Waals surface area contributed by atoms with Crippen molar-refractivity contribution in [2.75, 3.05) is 6.61 Å². The molecule has 1 heterocycles. The van der Waals surface area contributed by atoms with Crippen molar-refractivity contribution in [3.8, 4) is 0 Å². The number of aliphatic hydroxyl groups is 2. The fourth-order valence-corrected chi connectivity index (χ4v) is 3.09. The Labute approximate surface area is 128 Å². The van der Waals surface area contributed by atoms with Gasteiger partial charge in [-0.3, -0.25) is 0 Å². The van der Waals surface area contributed by atoms with Crippen molar-refractivity contribution in [3.63, 3.8) is 0 Å². The first-order valence-electron chi connectivity index (χ1n) is 7.34. The number of rotatable bonds is 2. The lowest BCUT2D eigenvalue weighted by Gasteiger charge is -2.15. The van der Waals surface area contributed by atoms with Gasteiger partial charge in [0.25, 0.3) is 0 Å². The lowest BCUT2D eigenvalue weighted by atomic mass is 9.97. The zero-order valence-electron chi connectivity index (χ0n) is 11.9. The lowest BCUT2D eigenvalue weighted by molar-refractivity contribution is 0.00646. The number of benzene rings is 3. The van der Waals surface area contributed by atoms with E-state index in [1.807, 2.05) is 24.3 Å². The summed E-state index contributed by atoms with van der Waals surface area (Å²) in [5.74, 6) is 0.102. The third kappa shape index (κ3) is 2.06. The summed E-state index contributed by atoms with van der Waals surface area (Å²) in [6.45, 7) is -0.216. The van der Waals surface area contributed by atoms with E-state index in [-0.39, 0.29) is 18.5 Å². The van der Waals surface area contributed by atoms with Gasteiger partial charge in [-0.1, -0.05) is 42.5 Å². The van der Waals surface area contributed by atoms with Crippen LogP contribution in [0.15, 0.2) is 66.4 Å². The first-order chi connectivity index (χ1) is 10.8. The maximum Gasteiger partial charge on any atom is 0.138 e. The molecule has 0 bridgehead atoms. The summed E-state index contributed by atoms with van der Waals surface area (Å²) in [6, 6.07) is 18.6. The molecule has 2 N–H and O–H groups in total. The van der Waals surface area contributed by atoms with Gasteiger partial charge >= 0.3 is 0 Å². The molecule has 3 nitrogen and oxygen atoms in total. The third-order valence-corrected chi connectivity index (χ3v) is 4.22. The second kappa shape index (κ2) is 5.13. The second-order valence-corrected chi connectivity index (χ2v) is 5.59. The maximum atomic E-state index is 9.84. The fourth-order valence-electron chi connectivity index (χ4n) is 3.09. The normalized spacial score (nSPS) is 21.4. The van der Waals surface area contributed by atoms with E-state index in [1.165, 1.54) is 10.8 Å². The summed E-state index contributed by atoms with van der Waals surface area (Å²) in [5, 5.41) is 23.7. The number of aliphatic hydroxyl groups excluding tert-OH is 2. The summed E-state index contributed by atoms with van der Waals surface area (Å²) < 4.78 is 5.74. The number of hydrogen-bond donors (Lipinski definition) is 2. The molecule has 110 valence electrons. The van der Waals surface area contributed by atoms with Gasteiger partial charge in [0.05, 0.1) is 6.61 Å². The SMILES string of the molecule is OCC1OC(c2cccc3cc4ccccc4cc23)C=C1O. The first kappa shape index (κ1) is 13.3. The lowest BCUT2D eigenvalue weighted by Crippen LogP contribution is -2.15. The summed E-state index contributed by atoms with van der Waals surface area (Å²) >= 11 is 0. The predicted molar refractivity (Wildman–Crippen MR) is 86.9 cm³/mol. The summed E-state index contributed by atoms with van der Waals surface area (Å²) in [5.41, 5.74) is 1.01. The first-order valence-corrected chi connectivity index (χ1v) is 7.34. The topological polar surface area (TPSA) is 49.7 Å². The number of fused-ring (bicyclic) bond motifs is 2. The Bertz CT molecular complexity index is 882. The highest BCUT2D eigenvalue weighted by Gasteiger charge is 2.28. The van der Waals surface area contributed by atoms with Crippen LogP contribution >= 0.6 is 0 Å². The van der Waals surface area contributed by atoms with Crippen LogP contribution in [0.2, 0.25) is 0 Å². The van der Waals surface area contributed by atoms with Crippen LogP contribution in [0, 0.1) is 0 Å². The van der Waals surface area contributed by atoms with Crippen molar-refractivity contribution < 1.29 is 14.9 Å². The predicted octanol–water partition coefficient (Wildman–Crippen LogP) is 3.87. The number of hydrogen-bond acceptors (Lipinski definition) is 3. The van der Waals surface area contributed by atoms with Crippen LogP contribution in [-0.2, 0) is 4.74 Å². The molecule has 3 aromatic carbocycles. The monoisotopic (exact) mass is 292 g/mol. The molecule has 0 aromatic heterocycles. The molecule has 3 aromatic rings. The fraction of sp³-hybridized carbons (Fsp3) is 0.158. The molecule has 22 heavy (non-hydrogen) atoms. The van der Waals surface area contributed by atoms with Gasteiger partial charge < -0.3 is 14.9 Å². The Morgan fingerprint density at radius 1 is 0.909 bits per heavy atom. The van der Waals surface area contributed by atoms with Gasteiger partial charge in [0, 0.05) is 0 Å². The van der Waals surface area contributed by atoms with Crippen molar-refractivity contribution in [2.24, 2.45) is 0 Å². The highest BCUT2D eigenvalue weighted by atomic mass is 16.5. The molecule has 0 saturated carbocycles. The largest absolute Gasteiger partial charge is 0.510 e. The van der Waals surface area contributed by atoms with Crippen molar-refractivity contribution in [3.05, 3.63) is 72.0 Å². The molecule has 0 spiro atoms. The van der Waals surface area contributed by atoms with Gasteiger partial charge in [-0.05, 0) is 45.3 Å². The Morgan fingerprint density at radius 3 is 2.36 bits per heavy atom. The van der Waals surface area contributed by atoms with Gasteiger partial charge in [0.2, 0.25) is 0 Å². The van der Waals surface area contributed by atoms with E-state index in [1.54, 1.807) is 6.08 Å². The average molecular weight is 292 g/mol. The van der Waals surface area contributed by atoms with E-state index in [2.05, 4.69) is 30.3 Å². The van der Waals surface area contributed by atoms with E-state index in [9.17, 15) is 10.2 Å². The average Bonchev–Trinajstić information content (AvgIpc) is 2.93. The molecule has 0 fully saturated rings. The van der Waals surface area contributed by atoms with Crippen LogP contribution in [0.4, 0.5) is 0 Å². The Balaban J connectivity index is 1.90. The zero-order valence-corrected chi connectivity index (χ0v) is 11.9. The zero-order chi connectivity index (χ0) is 15.1. The summed E-state index contributed by atoms with van der Waals surface area (Å²) in [6.07, 6.45) is 0.716. The molecular weight excluding hydrogens is 276 g/mol. The van der Waals surface area contributed by atoms with Gasteiger partial charge in [0.1, 0.15) is 18.0 Å². The molecule has 0 aliphatic carbocycles. The third-order valence-electron chi connectivity index (χ3n) is 4.22. The van der Waals surface area contributed by atoms with Crippen molar-refractivity contribution >= 4 is 21.5 Å². The van der Waals surface area contributed by atoms with Crippen LogP contribution in [0.1, 0.15) is 11.7 Å². The molecule has 1 aliphatic heterocycles. The molecule has 0 radical (unpaired) electrons. The van der Waals surface area contributed by atoms with E-state index in [4.69, 9.17) is 4.74 Å². The van der Waals surface area contributed by atoms with Crippen molar-refractivity contribution in [2.45, 2.75) is 12.2 Å². The van der Waals surface area contributed by atoms with Crippen molar-refractivity contribution in [1.29, 1.82) is 0 Å². The molecule has 4 rings (SSSR count). The van der Waals surface area contributed by atoms with E-state index < -0.39 is 6.10 Å². The molecule has 3 heteroatoms. The van der Waals surface area contributed by atoms with E-state index >= 15 is 0 Å². The van der Waals surface area contributed by atoms with Crippen LogP contribution in [0.25, 0.3) is 21.5 Å². The molecule has 2 atom stereocenters. The van der Waals surface area contributed by atoms with Gasteiger partial charge in [-0.2, -0.15) is 0 Å². The number of ether oxygens (including phenoxy) is 1. The molecular formula is C19H16O3. The highest BCUT2D eigenvalue weighted by Crippen LogP contribution is 2.35. The minimum Gasteiger partial charge on any atom is -0.510 e. The van der Waals surface area contributed by atoms with Crippen LogP contribution < -0.4 is 0 Å². The van der Waals surface area contributed by atoms with Crippen LogP contribution in [0.3, 0.4) is 0 Å². The maximum absolute atomic E-state index is 9.84. The second-order valence-electron chi connectivity index (χ2n) is 5.59. The summed E-state index contributed by atoms with van der Waals surface area (Å²) in [7, 11) is 0. The highest BCUT2D eigenvalue weighted by molar-refractivity contribution is 5.99. The van der Waals surface area contributed by atoms with Gasteiger partial charge in [0.15, 0.2) is 0 Å². The minimum atomic E-state index is -0.624.